The molecule has 6 nitrogen and oxygen atoms in total. The predicted molar refractivity (Wildman–Crippen MR) is 114 cm³/mol. The second-order valence-corrected chi connectivity index (χ2v) is 9.58. The van der Waals surface area contributed by atoms with E-state index < -0.39 is 0 Å². The van der Waals surface area contributed by atoms with Crippen molar-refractivity contribution in [1.82, 2.24) is 20.0 Å². The van der Waals surface area contributed by atoms with Crippen LogP contribution in [0.15, 0.2) is 34.7 Å². The third-order valence-corrected chi connectivity index (χ3v) is 7.53. The SMILES string of the molecule is Cc1nnc([C@]23CCN(C(=O)CC4CCCC4)C[C@H]2CN(Cc2ccccc2)C3)o1. The molecule has 160 valence electrons. The molecule has 2 aromatic rings. The molecule has 2 aliphatic heterocycles. The Balaban J connectivity index is 1.34. The average Bonchev–Trinajstić information content (AvgIpc) is 3.48. The third-order valence-electron chi connectivity index (χ3n) is 7.53. The molecule has 5 rings (SSSR count). The second-order valence-electron chi connectivity index (χ2n) is 9.58. The van der Waals surface area contributed by atoms with Crippen molar-refractivity contribution in [3.8, 4) is 0 Å². The summed E-state index contributed by atoms with van der Waals surface area (Å²) in [7, 11) is 0. The van der Waals surface area contributed by atoms with Gasteiger partial charge in [0.25, 0.3) is 0 Å². The minimum atomic E-state index is -0.139. The minimum absolute atomic E-state index is 0.139. The number of piperidine rings is 1. The summed E-state index contributed by atoms with van der Waals surface area (Å²) < 4.78 is 5.98. The molecule has 3 heterocycles. The number of fused-ring (bicyclic) bond motifs is 1. The van der Waals surface area contributed by atoms with E-state index in [0.717, 1.165) is 51.5 Å². The van der Waals surface area contributed by atoms with Gasteiger partial charge in [0.05, 0.1) is 5.41 Å². The van der Waals surface area contributed by atoms with Crippen LogP contribution in [0, 0.1) is 18.8 Å². The van der Waals surface area contributed by atoms with Crippen molar-refractivity contribution >= 4 is 5.91 Å². The molecule has 3 aliphatic rings. The molecular weight excluding hydrogens is 376 g/mol. The van der Waals surface area contributed by atoms with Gasteiger partial charge in [0.15, 0.2) is 0 Å². The zero-order valence-electron chi connectivity index (χ0n) is 17.9. The van der Waals surface area contributed by atoms with Gasteiger partial charge in [-0.15, -0.1) is 10.2 Å². The molecule has 6 heteroatoms. The summed E-state index contributed by atoms with van der Waals surface area (Å²) in [5.41, 5.74) is 1.18. The van der Waals surface area contributed by atoms with Crippen LogP contribution in [0.5, 0.6) is 0 Å². The van der Waals surface area contributed by atoms with Gasteiger partial charge in [0, 0.05) is 52.0 Å². The average molecular weight is 409 g/mol. The lowest BCUT2D eigenvalue weighted by atomic mass is 9.72. The van der Waals surface area contributed by atoms with Gasteiger partial charge in [-0.05, 0) is 30.7 Å². The fourth-order valence-electron chi connectivity index (χ4n) is 5.91. The topological polar surface area (TPSA) is 62.5 Å². The summed E-state index contributed by atoms with van der Waals surface area (Å²) in [4.78, 5) is 17.6. The molecular formula is C24H32N4O2. The third kappa shape index (κ3) is 3.78. The smallest absolute Gasteiger partial charge is 0.224 e. The Morgan fingerprint density at radius 1 is 1.17 bits per heavy atom. The maximum Gasteiger partial charge on any atom is 0.224 e. The second kappa shape index (κ2) is 8.14. The highest BCUT2D eigenvalue weighted by Gasteiger charge is 2.54. The van der Waals surface area contributed by atoms with Crippen molar-refractivity contribution in [2.24, 2.45) is 11.8 Å². The summed E-state index contributed by atoms with van der Waals surface area (Å²) >= 11 is 0. The first-order chi connectivity index (χ1) is 14.6. The summed E-state index contributed by atoms with van der Waals surface area (Å²) in [6, 6.07) is 10.6. The van der Waals surface area contributed by atoms with Crippen LogP contribution in [0.3, 0.4) is 0 Å². The van der Waals surface area contributed by atoms with E-state index >= 15 is 0 Å². The summed E-state index contributed by atoms with van der Waals surface area (Å²) in [6.45, 7) is 6.25. The summed E-state index contributed by atoms with van der Waals surface area (Å²) in [5.74, 6) is 2.67. The molecule has 0 spiro atoms. The fourth-order valence-corrected chi connectivity index (χ4v) is 5.91. The Morgan fingerprint density at radius 2 is 1.97 bits per heavy atom. The van der Waals surface area contributed by atoms with E-state index in [2.05, 4.69) is 50.3 Å². The lowest BCUT2D eigenvalue weighted by Gasteiger charge is -2.41. The number of amides is 1. The number of aryl methyl sites for hydroxylation is 1. The quantitative estimate of drug-likeness (QED) is 0.757. The first-order valence-electron chi connectivity index (χ1n) is 11.5. The molecule has 1 amide bonds. The van der Waals surface area contributed by atoms with Gasteiger partial charge in [0.1, 0.15) is 0 Å². The molecule has 1 aliphatic carbocycles. The Labute approximate surface area is 178 Å². The molecule has 0 bridgehead atoms. The Hall–Kier alpha value is -2.21. The number of carbonyl (C=O) groups excluding carboxylic acids is 1. The van der Waals surface area contributed by atoms with E-state index in [9.17, 15) is 4.79 Å². The van der Waals surface area contributed by atoms with Crippen LogP contribution in [0.2, 0.25) is 0 Å². The number of hydrogen-bond acceptors (Lipinski definition) is 5. The van der Waals surface area contributed by atoms with E-state index in [0.29, 0.717) is 23.6 Å². The largest absolute Gasteiger partial charge is 0.425 e. The Morgan fingerprint density at radius 3 is 2.70 bits per heavy atom. The molecule has 30 heavy (non-hydrogen) atoms. The van der Waals surface area contributed by atoms with Crippen molar-refractivity contribution in [3.05, 3.63) is 47.7 Å². The Kier molecular flexibility index (Phi) is 5.35. The van der Waals surface area contributed by atoms with Crippen LogP contribution in [0.1, 0.15) is 55.9 Å². The van der Waals surface area contributed by atoms with Gasteiger partial charge in [-0.25, -0.2) is 0 Å². The van der Waals surface area contributed by atoms with Crippen LogP contribution < -0.4 is 0 Å². The standard InChI is InChI=1S/C24H32N4O2/c1-18-25-26-23(30-18)24-11-12-28(22(29)13-19-7-5-6-8-19)16-21(24)15-27(17-24)14-20-9-3-2-4-10-20/h2-4,9-10,19,21H,5-8,11-17H2,1H3/t21-,24+/m1/s1. The van der Waals surface area contributed by atoms with Crippen LogP contribution in [0.4, 0.5) is 0 Å². The van der Waals surface area contributed by atoms with Crippen LogP contribution >= 0.6 is 0 Å². The molecule has 0 unspecified atom stereocenters. The zero-order chi connectivity index (χ0) is 20.6. The minimum Gasteiger partial charge on any atom is -0.425 e. The number of hydrogen-bond donors (Lipinski definition) is 0. The van der Waals surface area contributed by atoms with Gasteiger partial charge < -0.3 is 9.32 Å². The molecule has 3 fully saturated rings. The number of likely N-dealkylation sites (tertiary alicyclic amines) is 2. The van der Waals surface area contributed by atoms with E-state index in [1.807, 2.05) is 6.92 Å². The number of aromatic nitrogens is 2. The molecule has 0 N–H and O–H groups in total. The monoisotopic (exact) mass is 408 g/mol. The molecule has 1 aromatic carbocycles. The highest BCUT2D eigenvalue weighted by Crippen LogP contribution is 2.45. The van der Waals surface area contributed by atoms with Gasteiger partial charge >= 0.3 is 0 Å². The highest BCUT2D eigenvalue weighted by atomic mass is 16.4. The van der Waals surface area contributed by atoms with Crippen LogP contribution in [-0.2, 0) is 16.8 Å². The van der Waals surface area contributed by atoms with Gasteiger partial charge in [-0.2, -0.15) is 0 Å². The maximum absolute atomic E-state index is 13.0. The number of benzene rings is 1. The van der Waals surface area contributed by atoms with Crippen molar-refractivity contribution in [3.63, 3.8) is 0 Å². The molecule has 1 aromatic heterocycles. The number of rotatable bonds is 5. The normalized spacial score (nSPS) is 27.5. The first kappa shape index (κ1) is 19.7. The Bertz CT molecular complexity index is 876. The van der Waals surface area contributed by atoms with Crippen LogP contribution in [-0.4, -0.2) is 52.1 Å². The first-order valence-corrected chi connectivity index (χ1v) is 11.5. The summed E-state index contributed by atoms with van der Waals surface area (Å²) in [5, 5.41) is 8.58. The van der Waals surface area contributed by atoms with Crippen LogP contribution in [0.25, 0.3) is 0 Å². The highest BCUT2D eigenvalue weighted by molar-refractivity contribution is 5.76. The van der Waals surface area contributed by atoms with Gasteiger partial charge in [-0.1, -0.05) is 43.2 Å². The molecule has 2 atom stereocenters. The maximum atomic E-state index is 13.0. The van der Waals surface area contributed by atoms with Crippen molar-refractivity contribution in [2.45, 2.75) is 57.4 Å². The van der Waals surface area contributed by atoms with Crippen molar-refractivity contribution < 1.29 is 9.21 Å². The van der Waals surface area contributed by atoms with E-state index in [4.69, 9.17) is 4.42 Å². The molecule has 2 saturated heterocycles. The lowest BCUT2D eigenvalue weighted by molar-refractivity contribution is -0.134. The van der Waals surface area contributed by atoms with Crippen molar-refractivity contribution in [1.29, 1.82) is 0 Å². The number of nitrogens with zero attached hydrogens (tertiary/aromatic N) is 4. The molecule has 0 radical (unpaired) electrons. The zero-order valence-corrected chi connectivity index (χ0v) is 17.9. The van der Waals surface area contributed by atoms with E-state index in [1.165, 1.54) is 31.2 Å². The van der Waals surface area contributed by atoms with Gasteiger partial charge in [-0.3, -0.25) is 9.69 Å². The predicted octanol–water partition coefficient (Wildman–Crippen LogP) is 3.56. The van der Waals surface area contributed by atoms with E-state index in [1.54, 1.807) is 0 Å². The van der Waals surface area contributed by atoms with Crippen molar-refractivity contribution in [2.75, 3.05) is 26.2 Å². The fraction of sp³-hybridized carbons (Fsp3) is 0.625. The molecule has 1 saturated carbocycles. The van der Waals surface area contributed by atoms with E-state index in [-0.39, 0.29) is 5.41 Å². The lowest BCUT2D eigenvalue weighted by Crippen LogP contribution is -2.51. The summed E-state index contributed by atoms with van der Waals surface area (Å²) in [6.07, 6.45) is 6.65. The van der Waals surface area contributed by atoms with Gasteiger partial charge in [0.2, 0.25) is 17.7 Å². The number of carbonyl (C=O) groups is 1.